The minimum absolute atomic E-state index is 0.00570. The van der Waals surface area contributed by atoms with Crippen LogP contribution in [0.5, 0.6) is 5.75 Å². The minimum Gasteiger partial charge on any atom is -0.463 e. The van der Waals surface area contributed by atoms with E-state index in [0.29, 0.717) is 27.9 Å². The van der Waals surface area contributed by atoms with Crippen molar-refractivity contribution in [3.05, 3.63) is 54.8 Å². The van der Waals surface area contributed by atoms with Gasteiger partial charge < -0.3 is 14.5 Å². The van der Waals surface area contributed by atoms with E-state index in [1.54, 1.807) is 24.3 Å². The molecule has 0 aliphatic carbocycles. The molecule has 4 aromatic rings. The van der Waals surface area contributed by atoms with Gasteiger partial charge in [0.2, 0.25) is 11.1 Å². The van der Waals surface area contributed by atoms with Gasteiger partial charge in [-0.3, -0.25) is 4.79 Å². The number of hydrogen-bond donors (Lipinski definition) is 1. The van der Waals surface area contributed by atoms with Gasteiger partial charge in [-0.1, -0.05) is 11.8 Å². The predicted molar refractivity (Wildman–Crippen MR) is 101 cm³/mol. The van der Waals surface area contributed by atoms with Crippen molar-refractivity contribution in [2.75, 3.05) is 11.1 Å². The number of benzene rings is 1. The molecule has 3 aromatic heterocycles. The van der Waals surface area contributed by atoms with Gasteiger partial charge >= 0.3 is 6.36 Å². The van der Waals surface area contributed by atoms with Gasteiger partial charge in [0.1, 0.15) is 11.4 Å². The fourth-order valence-corrected chi connectivity index (χ4v) is 3.17. The van der Waals surface area contributed by atoms with Crippen LogP contribution in [0, 0.1) is 0 Å². The lowest BCUT2D eigenvalue weighted by Crippen LogP contribution is -2.17. The van der Waals surface area contributed by atoms with Crippen LogP contribution >= 0.6 is 11.8 Å². The van der Waals surface area contributed by atoms with Crippen LogP contribution in [-0.2, 0) is 4.79 Å². The van der Waals surface area contributed by atoms with Crippen LogP contribution in [0.25, 0.3) is 17.1 Å². The number of hydrogen-bond acceptors (Lipinski definition) is 7. The lowest BCUT2D eigenvalue weighted by molar-refractivity contribution is -0.274. The quantitative estimate of drug-likeness (QED) is 0.457. The van der Waals surface area contributed by atoms with E-state index in [9.17, 15) is 18.0 Å². The van der Waals surface area contributed by atoms with Crippen LogP contribution in [-0.4, -0.2) is 37.8 Å². The van der Waals surface area contributed by atoms with Crippen LogP contribution in [0.15, 0.2) is 64.4 Å². The number of fused-ring (bicyclic) bond motifs is 1. The Bertz CT molecular complexity index is 1160. The summed E-state index contributed by atoms with van der Waals surface area (Å²) in [6.07, 6.45) is -3.23. The highest BCUT2D eigenvalue weighted by Crippen LogP contribution is 2.24. The van der Waals surface area contributed by atoms with Crippen molar-refractivity contribution in [1.82, 2.24) is 19.8 Å². The average molecular weight is 435 g/mol. The molecule has 0 fully saturated rings. The number of rotatable bonds is 6. The number of thioether (sulfide) groups is 1. The molecule has 8 nitrogen and oxygen atoms in total. The van der Waals surface area contributed by atoms with Gasteiger partial charge in [-0.15, -0.1) is 23.4 Å². The maximum atomic E-state index is 12.2. The molecule has 12 heteroatoms. The zero-order chi connectivity index (χ0) is 21.1. The van der Waals surface area contributed by atoms with Crippen molar-refractivity contribution in [2.45, 2.75) is 11.5 Å². The number of halogens is 3. The van der Waals surface area contributed by atoms with E-state index in [4.69, 9.17) is 4.42 Å². The fraction of sp³-hybridized carbons (Fsp3) is 0.111. The molecule has 0 aliphatic rings. The number of furan rings is 1. The highest BCUT2D eigenvalue weighted by molar-refractivity contribution is 7.99. The lowest BCUT2D eigenvalue weighted by atomic mass is 10.3. The summed E-state index contributed by atoms with van der Waals surface area (Å²) >= 11 is 1.11. The molecule has 0 aliphatic heterocycles. The molecule has 1 amide bonds. The first kappa shape index (κ1) is 19.8. The summed E-state index contributed by atoms with van der Waals surface area (Å²) in [6.45, 7) is 0. The van der Waals surface area contributed by atoms with Crippen molar-refractivity contribution >= 4 is 29.0 Å². The third kappa shape index (κ3) is 4.71. The predicted octanol–water partition coefficient (Wildman–Crippen LogP) is 4.01. The lowest BCUT2D eigenvalue weighted by Gasteiger charge is -2.09. The van der Waals surface area contributed by atoms with E-state index < -0.39 is 6.36 Å². The molecular formula is C18H12F3N5O3S. The van der Waals surface area contributed by atoms with E-state index in [-0.39, 0.29) is 17.4 Å². The summed E-state index contributed by atoms with van der Waals surface area (Å²) in [4.78, 5) is 12.2. The van der Waals surface area contributed by atoms with E-state index in [2.05, 4.69) is 25.3 Å². The molecule has 30 heavy (non-hydrogen) atoms. The van der Waals surface area contributed by atoms with Gasteiger partial charge in [-0.2, -0.15) is 9.61 Å². The summed E-state index contributed by atoms with van der Waals surface area (Å²) in [6, 6.07) is 11.8. The Morgan fingerprint density at radius 3 is 2.63 bits per heavy atom. The van der Waals surface area contributed by atoms with Crippen molar-refractivity contribution in [3.8, 4) is 17.2 Å². The van der Waals surface area contributed by atoms with E-state index in [1.807, 2.05) is 0 Å². The maximum Gasteiger partial charge on any atom is 0.573 e. The van der Waals surface area contributed by atoms with Gasteiger partial charge in [0.25, 0.3) is 0 Å². The molecule has 0 bridgehead atoms. The number of anilines is 1. The van der Waals surface area contributed by atoms with E-state index in [1.165, 1.54) is 22.9 Å². The number of carbonyl (C=O) groups excluding carboxylic acids is 1. The highest BCUT2D eigenvalue weighted by atomic mass is 32.2. The second-order valence-electron chi connectivity index (χ2n) is 5.86. The van der Waals surface area contributed by atoms with Gasteiger partial charge in [-0.25, -0.2) is 0 Å². The Labute approximate surface area is 171 Å². The summed E-state index contributed by atoms with van der Waals surface area (Å²) in [7, 11) is 0. The molecule has 0 spiro atoms. The molecular weight excluding hydrogens is 423 g/mol. The number of aromatic nitrogens is 4. The molecule has 0 saturated carbocycles. The Morgan fingerprint density at radius 1 is 1.13 bits per heavy atom. The summed E-state index contributed by atoms with van der Waals surface area (Å²) in [5, 5.41) is 15.4. The molecule has 0 radical (unpaired) electrons. The second kappa shape index (κ2) is 8.06. The zero-order valence-electron chi connectivity index (χ0n) is 15.0. The molecule has 0 saturated heterocycles. The Hall–Kier alpha value is -3.54. The number of carbonyl (C=O) groups is 1. The Morgan fingerprint density at radius 2 is 1.93 bits per heavy atom. The SMILES string of the molecule is O=C(CSc1nnc2ccc(-c3ccco3)nn12)Nc1ccc(OC(F)(F)F)cc1. The number of nitrogens with one attached hydrogen (secondary N) is 1. The monoisotopic (exact) mass is 435 g/mol. The normalized spacial score (nSPS) is 11.6. The van der Waals surface area contributed by atoms with Gasteiger partial charge in [-0.05, 0) is 48.5 Å². The van der Waals surface area contributed by atoms with Crippen molar-refractivity contribution in [3.63, 3.8) is 0 Å². The summed E-state index contributed by atoms with van der Waals surface area (Å²) in [5.41, 5.74) is 1.42. The largest absolute Gasteiger partial charge is 0.573 e. The summed E-state index contributed by atoms with van der Waals surface area (Å²) < 4.78 is 47.2. The molecule has 3 heterocycles. The Kier molecular flexibility index (Phi) is 5.31. The highest BCUT2D eigenvalue weighted by Gasteiger charge is 2.30. The number of alkyl halides is 3. The molecule has 1 aromatic carbocycles. The number of nitrogens with zero attached hydrogens (tertiary/aromatic N) is 4. The van der Waals surface area contributed by atoms with Crippen LogP contribution < -0.4 is 10.1 Å². The zero-order valence-corrected chi connectivity index (χ0v) is 15.8. The first-order valence-electron chi connectivity index (χ1n) is 8.42. The van der Waals surface area contributed by atoms with E-state index in [0.717, 1.165) is 23.9 Å². The smallest absolute Gasteiger partial charge is 0.463 e. The van der Waals surface area contributed by atoms with Crippen LogP contribution in [0.2, 0.25) is 0 Å². The van der Waals surface area contributed by atoms with Crippen molar-refractivity contribution in [2.24, 2.45) is 0 Å². The molecule has 154 valence electrons. The number of ether oxygens (including phenoxy) is 1. The Balaban J connectivity index is 1.39. The first-order valence-corrected chi connectivity index (χ1v) is 9.41. The van der Waals surface area contributed by atoms with Gasteiger partial charge in [0.15, 0.2) is 11.4 Å². The third-order valence-corrected chi connectivity index (χ3v) is 4.63. The summed E-state index contributed by atoms with van der Waals surface area (Å²) in [5.74, 6) is -0.169. The number of amides is 1. The average Bonchev–Trinajstić information content (AvgIpc) is 3.36. The van der Waals surface area contributed by atoms with Crippen LogP contribution in [0.4, 0.5) is 18.9 Å². The van der Waals surface area contributed by atoms with Crippen LogP contribution in [0.1, 0.15) is 0 Å². The molecule has 0 atom stereocenters. The van der Waals surface area contributed by atoms with E-state index >= 15 is 0 Å². The topological polar surface area (TPSA) is 94.5 Å². The third-order valence-electron chi connectivity index (χ3n) is 3.71. The van der Waals surface area contributed by atoms with Gasteiger partial charge in [0.05, 0.1) is 12.0 Å². The first-order chi connectivity index (χ1) is 14.4. The molecule has 4 rings (SSSR count). The minimum atomic E-state index is -4.77. The fourth-order valence-electron chi connectivity index (χ4n) is 2.48. The van der Waals surface area contributed by atoms with Gasteiger partial charge in [0, 0.05) is 5.69 Å². The van der Waals surface area contributed by atoms with Crippen molar-refractivity contribution in [1.29, 1.82) is 0 Å². The molecule has 1 N–H and O–H groups in total. The van der Waals surface area contributed by atoms with Crippen LogP contribution in [0.3, 0.4) is 0 Å². The maximum absolute atomic E-state index is 12.2. The standard InChI is InChI=1S/C18H12F3N5O3S/c19-18(20,21)29-12-5-3-11(4-6-12)22-16(27)10-30-17-24-23-15-8-7-13(25-26(15)17)14-2-1-9-28-14/h1-9H,10H2,(H,22,27). The molecule has 0 unspecified atom stereocenters. The van der Waals surface area contributed by atoms with Crippen molar-refractivity contribution < 1.29 is 27.1 Å². The second-order valence-corrected chi connectivity index (χ2v) is 6.80.